The van der Waals surface area contributed by atoms with Crippen LogP contribution in [0, 0.1) is 0 Å². The van der Waals surface area contributed by atoms with Crippen LogP contribution in [0.4, 0.5) is 5.69 Å². The third kappa shape index (κ3) is 4.60. The van der Waals surface area contributed by atoms with Crippen molar-refractivity contribution in [3.05, 3.63) is 66.2 Å². The first-order valence-corrected chi connectivity index (χ1v) is 7.45. The van der Waals surface area contributed by atoms with Gasteiger partial charge in [0, 0.05) is 25.8 Å². The first-order chi connectivity index (χ1) is 10.7. The number of para-hydroxylation sites is 1. The van der Waals surface area contributed by atoms with Crippen molar-refractivity contribution in [1.29, 1.82) is 0 Å². The van der Waals surface area contributed by atoms with Gasteiger partial charge in [-0.3, -0.25) is 4.79 Å². The lowest BCUT2D eigenvalue weighted by Gasteiger charge is -2.19. The summed E-state index contributed by atoms with van der Waals surface area (Å²) >= 11 is 0. The molecule has 0 aliphatic carbocycles. The van der Waals surface area contributed by atoms with E-state index in [0.29, 0.717) is 12.1 Å². The number of nitrogens with one attached hydrogen (secondary N) is 1. The van der Waals surface area contributed by atoms with Gasteiger partial charge >= 0.3 is 0 Å². The quantitative estimate of drug-likeness (QED) is 0.772. The van der Waals surface area contributed by atoms with Crippen molar-refractivity contribution in [3.8, 4) is 0 Å². The van der Waals surface area contributed by atoms with E-state index in [1.807, 2.05) is 31.3 Å². The largest absolute Gasteiger partial charge is 0.378 e. The van der Waals surface area contributed by atoms with Crippen LogP contribution in [0.25, 0.3) is 0 Å². The molecule has 2 N–H and O–H groups in total. The summed E-state index contributed by atoms with van der Waals surface area (Å²) in [5.74, 6) is -0.353. The van der Waals surface area contributed by atoms with Gasteiger partial charge in [0.2, 0.25) is 0 Å². The number of rotatable bonds is 7. The zero-order chi connectivity index (χ0) is 15.8. The number of anilines is 1. The van der Waals surface area contributed by atoms with Crippen LogP contribution in [0.3, 0.4) is 0 Å². The summed E-state index contributed by atoms with van der Waals surface area (Å²) in [5.41, 5.74) is 1.76. The molecule has 0 heterocycles. The fraction of sp³-hybridized carbons (Fsp3) is 0.278. The molecule has 2 aromatic carbocycles. The van der Waals surface area contributed by atoms with Crippen LogP contribution in [0.1, 0.15) is 18.1 Å². The average Bonchev–Trinajstić information content (AvgIpc) is 2.59. The van der Waals surface area contributed by atoms with Gasteiger partial charge in [-0.1, -0.05) is 48.5 Å². The van der Waals surface area contributed by atoms with Crippen LogP contribution in [-0.4, -0.2) is 31.2 Å². The second kappa shape index (κ2) is 8.20. The molecule has 1 amide bonds. The molecule has 0 bridgehead atoms. The smallest absolute Gasteiger partial charge is 0.253 e. The Morgan fingerprint density at radius 1 is 1.09 bits per heavy atom. The summed E-state index contributed by atoms with van der Waals surface area (Å²) in [6.07, 6.45) is -0.286. The van der Waals surface area contributed by atoms with E-state index < -0.39 is 6.10 Å². The second-order valence-corrected chi connectivity index (χ2v) is 5.21. The SMILES string of the molecule is CN(CCCNC(=O)C(O)c1ccccc1)c1ccccc1. The van der Waals surface area contributed by atoms with E-state index in [0.717, 1.165) is 18.7 Å². The minimum Gasteiger partial charge on any atom is -0.378 e. The number of carbonyl (C=O) groups excluding carboxylic acids is 1. The highest BCUT2D eigenvalue weighted by Gasteiger charge is 2.15. The lowest BCUT2D eigenvalue weighted by molar-refractivity contribution is -0.129. The fourth-order valence-corrected chi connectivity index (χ4v) is 2.22. The van der Waals surface area contributed by atoms with E-state index in [-0.39, 0.29) is 5.91 Å². The molecule has 22 heavy (non-hydrogen) atoms. The minimum atomic E-state index is -1.10. The molecule has 4 nitrogen and oxygen atoms in total. The van der Waals surface area contributed by atoms with Gasteiger partial charge in [0.25, 0.3) is 5.91 Å². The highest BCUT2D eigenvalue weighted by molar-refractivity contribution is 5.81. The van der Waals surface area contributed by atoms with Crippen LogP contribution < -0.4 is 10.2 Å². The fourth-order valence-electron chi connectivity index (χ4n) is 2.22. The molecular formula is C18H22N2O2. The van der Waals surface area contributed by atoms with E-state index in [2.05, 4.69) is 22.3 Å². The maximum absolute atomic E-state index is 11.9. The maximum atomic E-state index is 11.9. The lowest BCUT2D eigenvalue weighted by Crippen LogP contribution is -2.32. The second-order valence-electron chi connectivity index (χ2n) is 5.21. The maximum Gasteiger partial charge on any atom is 0.253 e. The molecule has 0 radical (unpaired) electrons. The number of amides is 1. The Hall–Kier alpha value is -2.33. The molecule has 1 atom stereocenters. The zero-order valence-electron chi connectivity index (χ0n) is 12.8. The van der Waals surface area contributed by atoms with E-state index in [1.54, 1.807) is 24.3 Å². The Labute approximate surface area is 131 Å². The number of hydrogen-bond acceptors (Lipinski definition) is 3. The zero-order valence-corrected chi connectivity index (χ0v) is 12.8. The molecule has 0 saturated heterocycles. The Balaban J connectivity index is 1.71. The first kappa shape index (κ1) is 16.0. The standard InChI is InChI=1S/C18H22N2O2/c1-20(16-11-6-3-7-12-16)14-8-13-19-18(22)17(21)15-9-4-2-5-10-15/h2-7,9-12,17,21H,8,13-14H2,1H3,(H,19,22). The van der Waals surface area contributed by atoms with Crippen LogP contribution in [0.2, 0.25) is 0 Å². The van der Waals surface area contributed by atoms with Gasteiger partial charge in [-0.05, 0) is 24.1 Å². The summed E-state index contributed by atoms with van der Waals surface area (Å²) in [4.78, 5) is 14.0. The first-order valence-electron chi connectivity index (χ1n) is 7.45. The summed E-state index contributed by atoms with van der Waals surface area (Å²) in [7, 11) is 2.02. The van der Waals surface area contributed by atoms with Gasteiger partial charge in [0.05, 0.1) is 0 Å². The average molecular weight is 298 g/mol. The van der Waals surface area contributed by atoms with Gasteiger partial charge in [0.1, 0.15) is 0 Å². The van der Waals surface area contributed by atoms with Gasteiger partial charge in [-0.25, -0.2) is 0 Å². The molecular weight excluding hydrogens is 276 g/mol. The molecule has 1 unspecified atom stereocenters. The molecule has 4 heteroatoms. The molecule has 116 valence electrons. The molecule has 0 aliphatic rings. The molecule has 2 rings (SSSR count). The third-order valence-corrected chi connectivity index (χ3v) is 3.53. The lowest BCUT2D eigenvalue weighted by atomic mass is 10.1. The molecule has 0 aliphatic heterocycles. The van der Waals surface area contributed by atoms with Crippen molar-refractivity contribution in [3.63, 3.8) is 0 Å². The third-order valence-electron chi connectivity index (χ3n) is 3.53. The Kier molecular flexibility index (Phi) is 5.98. The van der Waals surface area contributed by atoms with Crippen molar-refractivity contribution < 1.29 is 9.90 Å². The number of benzene rings is 2. The summed E-state index contributed by atoms with van der Waals surface area (Å²) in [6.45, 7) is 1.38. The number of aliphatic hydroxyl groups excluding tert-OH is 1. The highest BCUT2D eigenvalue weighted by Crippen LogP contribution is 2.12. The Morgan fingerprint density at radius 2 is 1.68 bits per heavy atom. The van der Waals surface area contributed by atoms with Crippen molar-refractivity contribution in [2.75, 3.05) is 25.0 Å². The molecule has 0 saturated carbocycles. The summed E-state index contributed by atoms with van der Waals surface area (Å²) in [6, 6.07) is 19.1. The Morgan fingerprint density at radius 3 is 2.32 bits per heavy atom. The van der Waals surface area contributed by atoms with Crippen LogP contribution in [0.5, 0.6) is 0 Å². The van der Waals surface area contributed by atoms with Gasteiger partial charge in [-0.15, -0.1) is 0 Å². The van der Waals surface area contributed by atoms with Gasteiger partial charge in [0.15, 0.2) is 6.10 Å². The summed E-state index contributed by atoms with van der Waals surface area (Å²) in [5, 5.41) is 12.7. The number of nitrogens with zero attached hydrogens (tertiary/aromatic N) is 1. The Bertz CT molecular complexity index is 572. The highest BCUT2D eigenvalue weighted by atomic mass is 16.3. The number of carbonyl (C=O) groups is 1. The minimum absolute atomic E-state index is 0.353. The number of aliphatic hydroxyl groups is 1. The summed E-state index contributed by atoms with van der Waals surface area (Å²) < 4.78 is 0. The van der Waals surface area contributed by atoms with E-state index in [1.165, 1.54) is 0 Å². The van der Waals surface area contributed by atoms with Gasteiger partial charge < -0.3 is 15.3 Å². The van der Waals surface area contributed by atoms with Crippen molar-refractivity contribution in [2.24, 2.45) is 0 Å². The molecule has 0 aromatic heterocycles. The van der Waals surface area contributed by atoms with Crippen molar-refractivity contribution >= 4 is 11.6 Å². The molecule has 2 aromatic rings. The predicted molar refractivity (Wildman–Crippen MR) is 88.7 cm³/mol. The van der Waals surface area contributed by atoms with Crippen molar-refractivity contribution in [2.45, 2.75) is 12.5 Å². The topological polar surface area (TPSA) is 52.6 Å². The van der Waals surface area contributed by atoms with E-state index in [9.17, 15) is 9.90 Å². The van der Waals surface area contributed by atoms with E-state index >= 15 is 0 Å². The number of hydrogen-bond donors (Lipinski definition) is 2. The van der Waals surface area contributed by atoms with Crippen LogP contribution >= 0.6 is 0 Å². The van der Waals surface area contributed by atoms with Gasteiger partial charge in [-0.2, -0.15) is 0 Å². The van der Waals surface area contributed by atoms with E-state index in [4.69, 9.17) is 0 Å². The van der Waals surface area contributed by atoms with Crippen LogP contribution in [0.15, 0.2) is 60.7 Å². The predicted octanol–water partition coefficient (Wildman–Crippen LogP) is 2.36. The molecule has 0 fully saturated rings. The molecule has 0 spiro atoms. The van der Waals surface area contributed by atoms with Crippen LogP contribution in [-0.2, 0) is 4.79 Å². The van der Waals surface area contributed by atoms with Crippen molar-refractivity contribution in [1.82, 2.24) is 5.32 Å². The monoisotopic (exact) mass is 298 g/mol. The normalized spacial score (nSPS) is 11.7.